The molecule has 0 saturated heterocycles. The Kier molecular flexibility index (Phi) is 5.36. The highest BCUT2D eigenvalue weighted by atomic mass is 32.2. The van der Waals surface area contributed by atoms with E-state index in [2.05, 4.69) is 4.37 Å². The van der Waals surface area contributed by atoms with Gasteiger partial charge in [0.1, 0.15) is 9.90 Å². The number of aliphatic hydroxyl groups excluding tert-OH is 1. The van der Waals surface area contributed by atoms with E-state index in [9.17, 15) is 8.42 Å². The van der Waals surface area contributed by atoms with Crippen molar-refractivity contribution in [3.05, 3.63) is 0 Å². The summed E-state index contributed by atoms with van der Waals surface area (Å²) in [6.45, 7) is 0.899. The Balaban J connectivity index is 2.78. The van der Waals surface area contributed by atoms with Crippen LogP contribution in [0.25, 0.3) is 0 Å². The minimum absolute atomic E-state index is 0.0692. The van der Waals surface area contributed by atoms with Crippen LogP contribution in [0.2, 0.25) is 0 Å². The molecule has 1 aromatic heterocycles. The maximum Gasteiger partial charge on any atom is 0.182 e. The number of sulfone groups is 1. The number of aromatic nitrogens is 1. The number of hydrogen-bond acceptors (Lipinski definition) is 7. The van der Waals surface area contributed by atoms with E-state index in [4.69, 9.17) is 10.8 Å². The molecule has 0 bridgehead atoms. The first kappa shape index (κ1) is 15.2. The SMILES string of the molecule is CN(CCCCCO)c1snc(N)c1S(C)(=O)=O. The average molecular weight is 293 g/mol. The summed E-state index contributed by atoms with van der Waals surface area (Å²) >= 11 is 1.10. The molecule has 3 N–H and O–H groups in total. The number of nitrogens with zero attached hydrogens (tertiary/aromatic N) is 2. The number of nitrogens with two attached hydrogens (primary N) is 1. The predicted molar refractivity (Wildman–Crippen MR) is 73.8 cm³/mol. The molecule has 0 unspecified atom stereocenters. The lowest BCUT2D eigenvalue weighted by Crippen LogP contribution is -2.19. The first-order valence-electron chi connectivity index (χ1n) is 5.65. The summed E-state index contributed by atoms with van der Waals surface area (Å²) in [6.07, 6.45) is 3.69. The number of nitrogen functional groups attached to an aromatic ring is 1. The van der Waals surface area contributed by atoms with E-state index >= 15 is 0 Å². The molecule has 0 aliphatic carbocycles. The van der Waals surface area contributed by atoms with Crippen LogP contribution >= 0.6 is 11.5 Å². The lowest BCUT2D eigenvalue weighted by atomic mass is 10.2. The Labute approximate surface area is 112 Å². The summed E-state index contributed by atoms with van der Waals surface area (Å²) in [5.74, 6) is 0.0692. The summed E-state index contributed by atoms with van der Waals surface area (Å²) in [6, 6.07) is 0. The van der Waals surface area contributed by atoms with E-state index in [0.29, 0.717) is 11.5 Å². The number of rotatable bonds is 7. The van der Waals surface area contributed by atoms with Gasteiger partial charge in [-0.05, 0) is 30.8 Å². The molecule has 0 spiro atoms. The third-order valence-electron chi connectivity index (χ3n) is 2.53. The minimum atomic E-state index is -3.36. The molecule has 0 saturated carbocycles. The number of hydrogen-bond donors (Lipinski definition) is 2. The smallest absolute Gasteiger partial charge is 0.182 e. The highest BCUT2D eigenvalue weighted by Crippen LogP contribution is 2.33. The van der Waals surface area contributed by atoms with Crippen molar-refractivity contribution in [2.24, 2.45) is 0 Å². The van der Waals surface area contributed by atoms with Crippen molar-refractivity contribution >= 4 is 32.2 Å². The van der Waals surface area contributed by atoms with Gasteiger partial charge in [0.25, 0.3) is 0 Å². The Morgan fingerprint density at radius 1 is 1.39 bits per heavy atom. The van der Waals surface area contributed by atoms with Crippen LogP contribution in [0.4, 0.5) is 10.8 Å². The average Bonchev–Trinajstić information content (AvgIpc) is 2.66. The predicted octanol–water partition coefficient (Wildman–Crippen LogP) is 0.728. The fraction of sp³-hybridized carbons (Fsp3) is 0.700. The summed E-state index contributed by atoms with van der Waals surface area (Å²) in [5.41, 5.74) is 5.60. The van der Waals surface area contributed by atoms with E-state index < -0.39 is 9.84 Å². The van der Waals surface area contributed by atoms with Crippen molar-refractivity contribution in [2.75, 3.05) is 37.1 Å². The van der Waals surface area contributed by atoms with Gasteiger partial charge in [0, 0.05) is 26.5 Å². The lowest BCUT2D eigenvalue weighted by Gasteiger charge is -2.17. The van der Waals surface area contributed by atoms with Gasteiger partial charge in [-0.25, -0.2) is 8.42 Å². The quantitative estimate of drug-likeness (QED) is 0.719. The molecule has 0 aliphatic rings. The summed E-state index contributed by atoms with van der Waals surface area (Å²) < 4.78 is 27.2. The fourth-order valence-corrected chi connectivity index (χ4v) is 3.83. The first-order chi connectivity index (χ1) is 8.38. The van der Waals surface area contributed by atoms with Gasteiger partial charge in [-0.3, -0.25) is 0 Å². The minimum Gasteiger partial charge on any atom is -0.396 e. The molecule has 0 amide bonds. The van der Waals surface area contributed by atoms with Crippen LogP contribution in [0.1, 0.15) is 19.3 Å². The van der Waals surface area contributed by atoms with Gasteiger partial charge in [-0.2, -0.15) is 4.37 Å². The molecule has 1 heterocycles. The van der Waals surface area contributed by atoms with Crippen LogP contribution in [0.3, 0.4) is 0 Å². The van der Waals surface area contributed by atoms with Gasteiger partial charge in [0.05, 0.1) is 0 Å². The molecule has 1 rings (SSSR count). The van der Waals surface area contributed by atoms with E-state index in [0.717, 1.165) is 37.1 Å². The van der Waals surface area contributed by atoms with Gasteiger partial charge < -0.3 is 15.7 Å². The van der Waals surface area contributed by atoms with E-state index in [1.807, 2.05) is 11.9 Å². The lowest BCUT2D eigenvalue weighted by molar-refractivity contribution is 0.283. The third-order valence-corrected chi connectivity index (χ3v) is 4.78. The summed E-state index contributed by atoms with van der Waals surface area (Å²) in [5, 5.41) is 9.27. The van der Waals surface area contributed by atoms with Crippen LogP contribution in [0, 0.1) is 0 Å². The largest absolute Gasteiger partial charge is 0.396 e. The molecule has 1 aromatic rings. The molecular formula is C10H19N3O3S2. The molecule has 0 aliphatic heterocycles. The Bertz CT molecular complexity index is 485. The van der Waals surface area contributed by atoms with Crippen LogP contribution in [-0.4, -0.2) is 44.4 Å². The third kappa shape index (κ3) is 3.82. The number of unbranched alkanes of at least 4 members (excludes halogenated alkanes) is 2. The van der Waals surface area contributed by atoms with Gasteiger partial charge in [-0.1, -0.05) is 0 Å². The topological polar surface area (TPSA) is 96.5 Å². The van der Waals surface area contributed by atoms with Gasteiger partial charge in [-0.15, -0.1) is 0 Å². The van der Waals surface area contributed by atoms with Crippen LogP contribution < -0.4 is 10.6 Å². The second-order valence-corrected chi connectivity index (χ2v) is 6.88. The highest BCUT2D eigenvalue weighted by Gasteiger charge is 2.23. The zero-order chi connectivity index (χ0) is 13.8. The van der Waals surface area contributed by atoms with Crippen LogP contribution in [-0.2, 0) is 9.84 Å². The van der Waals surface area contributed by atoms with Crippen molar-refractivity contribution in [1.29, 1.82) is 0 Å². The second kappa shape index (κ2) is 6.35. The van der Waals surface area contributed by atoms with E-state index in [1.54, 1.807) is 0 Å². The van der Waals surface area contributed by atoms with Crippen molar-refractivity contribution in [3.8, 4) is 0 Å². The summed E-state index contributed by atoms with van der Waals surface area (Å²) in [7, 11) is -1.54. The van der Waals surface area contributed by atoms with Crippen molar-refractivity contribution in [1.82, 2.24) is 4.37 Å². The molecule has 0 aromatic carbocycles. The van der Waals surface area contributed by atoms with Crippen LogP contribution in [0.5, 0.6) is 0 Å². The highest BCUT2D eigenvalue weighted by molar-refractivity contribution is 7.91. The van der Waals surface area contributed by atoms with Crippen molar-refractivity contribution < 1.29 is 13.5 Å². The first-order valence-corrected chi connectivity index (χ1v) is 8.31. The molecule has 6 nitrogen and oxygen atoms in total. The number of anilines is 2. The summed E-state index contributed by atoms with van der Waals surface area (Å²) in [4.78, 5) is 1.97. The van der Waals surface area contributed by atoms with Crippen molar-refractivity contribution in [3.63, 3.8) is 0 Å². The van der Waals surface area contributed by atoms with Gasteiger partial charge in [0.15, 0.2) is 15.7 Å². The van der Waals surface area contributed by atoms with Gasteiger partial charge >= 0.3 is 0 Å². The maximum atomic E-state index is 11.6. The Morgan fingerprint density at radius 2 is 2.06 bits per heavy atom. The fourth-order valence-electron chi connectivity index (χ4n) is 1.62. The second-order valence-electron chi connectivity index (χ2n) is 4.18. The molecule has 104 valence electrons. The van der Waals surface area contributed by atoms with E-state index in [1.165, 1.54) is 0 Å². The maximum absolute atomic E-state index is 11.6. The zero-order valence-corrected chi connectivity index (χ0v) is 12.2. The molecule has 0 atom stereocenters. The van der Waals surface area contributed by atoms with Gasteiger partial charge in [0.2, 0.25) is 0 Å². The normalized spacial score (nSPS) is 11.7. The Morgan fingerprint density at radius 3 is 2.61 bits per heavy atom. The van der Waals surface area contributed by atoms with E-state index in [-0.39, 0.29) is 17.3 Å². The zero-order valence-electron chi connectivity index (χ0n) is 10.6. The monoisotopic (exact) mass is 293 g/mol. The number of aliphatic hydroxyl groups is 1. The molecule has 0 radical (unpaired) electrons. The van der Waals surface area contributed by atoms with Crippen LogP contribution in [0.15, 0.2) is 4.90 Å². The molecule has 8 heteroatoms. The standard InChI is InChI=1S/C10H19N3O3S2/c1-13(6-4-3-5-7-14)10-8(18(2,15)16)9(11)12-17-10/h14H,3-7H2,1-2H3,(H2,11,12). The molecular weight excluding hydrogens is 274 g/mol. The molecule has 18 heavy (non-hydrogen) atoms. The van der Waals surface area contributed by atoms with Crippen molar-refractivity contribution in [2.45, 2.75) is 24.2 Å². The molecule has 0 fully saturated rings. The Hall–Kier alpha value is -0.860.